The number of aromatic nitrogens is 1. The zero-order chi connectivity index (χ0) is 13.5. The van der Waals surface area contributed by atoms with Crippen LogP contribution in [0.3, 0.4) is 0 Å². The summed E-state index contributed by atoms with van der Waals surface area (Å²) in [5.74, 6) is 0.577. The van der Waals surface area contributed by atoms with Crippen LogP contribution in [0.15, 0.2) is 11.2 Å². The first kappa shape index (κ1) is 14.2. The molecule has 0 atom stereocenters. The van der Waals surface area contributed by atoms with E-state index in [4.69, 9.17) is 20.4 Å². The number of oxime groups is 1. The lowest BCUT2D eigenvalue weighted by atomic mass is 10.1. The van der Waals surface area contributed by atoms with Crippen molar-refractivity contribution in [2.45, 2.75) is 20.3 Å². The number of rotatable bonds is 6. The molecular weight excluding hydrogens is 234 g/mol. The standard InChI is InChI=1S/C12H19N3O3/c1-8-7-10(18-6-4-5-17-3)11(9(2)14-8)12(13)15-16/h7,16H,4-6H2,1-3H3,(H2,13,15). The van der Waals surface area contributed by atoms with Gasteiger partial charge in [-0.25, -0.2) is 0 Å². The molecule has 1 aromatic rings. The van der Waals surface area contributed by atoms with Crippen molar-refractivity contribution in [1.29, 1.82) is 0 Å². The van der Waals surface area contributed by atoms with Gasteiger partial charge in [-0.3, -0.25) is 4.98 Å². The highest BCUT2D eigenvalue weighted by molar-refractivity contribution is 6.00. The number of hydrogen-bond acceptors (Lipinski definition) is 5. The second-order valence-electron chi connectivity index (χ2n) is 3.90. The molecule has 0 amide bonds. The van der Waals surface area contributed by atoms with Crippen molar-refractivity contribution in [2.24, 2.45) is 10.9 Å². The number of methoxy groups -OCH3 is 1. The molecule has 1 heterocycles. The number of pyridine rings is 1. The molecule has 0 spiro atoms. The smallest absolute Gasteiger partial charge is 0.175 e. The number of hydrogen-bond donors (Lipinski definition) is 2. The molecule has 0 saturated carbocycles. The molecular formula is C12H19N3O3. The fourth-order valence-corrected chi connectivity index (χ4v) is 1.65. The molecule has 0 bridgehead atoms. The van der Waals surface area contributed by atoms with E-state index in [9.17, 15) is 0 Å². The van der Waals surface area contributed by atoms with Crippen molar-refractivity contribution in [3.63, 3.8) is 0 Å². The maximum absolute atomic E-state index is 8.78. The first-order valence-electron chi connectivity index (χ1n) is 5.68. The molecule has 1 aromatic heterocycles. The number of nitrogens with two attached hydrogens (primary N) is 1. The summed E-state index contributed by atoms with van der Waals surface area (Å²) >= 11 is 0. The van der Waals surface area contributed by atoms with Crippen LogP contribution in [-0.4, -0.2) is 36.4 Å². The van der Waals surface area contributed by atoms with Gasteiger partial charge in [-0.1, -0.05) is 5.16 Å². The summed E-state index contributed by atoms with van der Waals surface area (Å²) in [5.41, 5.74) is 7.66. The van der Waals surface area contributed by atoms with Gasteiger partial charge in [0.05, 0.1) is 17.9 Å². The Labute approximate surface area is 106 Å². The lowest BCUT2D eigenvalue weighted by Gasteiger charge is -2.13. The van der Waals surface area contributed by atoms with E-state index in [1.807, 2.05) is 6.92 Å². The van der Waals surface area contributed by atoms with E-state index in [0.29, 0.717) is 30.2 Å². The van der Waals surface area contributed by atoms with Gasteiger partial charge >= 0.3 is 0 Å². The summed E-state index contributed by atoms with van der Waals surface area (Å²) < 4.78 is 10.6. The third-order valence-electron chi connectivity index (χ3n) is 2.41. The normalized spacial score (nSPS) is 11.6. The summed E-state index contributed by atoms with van der Waals surface area (Å²) in [5, 5.41) is 11.8. The molecule has 0 unspecified atom stereocenters. The molecule has 0 aliphatic heterocycles. The topological polar surface area (TPSA) is 90.0 Å². The van der Waals surface area contributed by atoms with E-state index < -0.39 is 0 Å². The highest BCUT2D eigenvalue weighted by Crippen LogP contribution is 2.22. The average Bonchev–Trinajstić information content (AvgIpc) is 2.33. The Kier molecular flexibility index (Phi) is 5.38. The molecule has 0 fully saturated rings. The van der Waals surface area contributed by atoms with Crippen LogP contribution >= 0.6 is 0 Å². The van der Waals surface area contributed by atoms with Gasteiger partial charge in [0.1, 0.15) is 5.75 Å². The van der Waals surface area contributed by atoms with E-state index in [1.54, 1.807) is 20.1 Å². The first-order valence-corrected chi connectivity index (χ1v) is 5.68. The molecule has 3 N–H and O–H groups in total. The molecule has 6 heteroatoms. The van der Waals surface area contributed by atoms with Crippen molar-refractivity contribution < 1.29 is 14.7 Å². The minimum absolute atomic E-state index is 0.00161. The third-order valence-corrected chi connectivity index (χ3v) is 2.41. The van der Waals surface area contributed by atoms with Crippen LogP contribution in [-0.2, 0) is 4.74 Å². The Morgan fingerprint density at radius 3 is 2.78 bits per heavy atom. The Morgan fingerprint density at radius 2 is 2.17 bits per heavy atom. The molecule has 0 aromatic carbocycles. The molecule has 1 rings (SSSR count). The van der Waals surface area contributed by atoms with Crippen LogP contribution in [0.5, 0.6) is 5.75 Å². The Hall–Kier alpha value is -1.82. The number of nitrogens with zero attached hydrogens (tertiary/aromatic N) is 2. The van der Waals surface area contributed by atoms with Crippen LogP contribution < -0.4 is 10.5 Å². The Bertz CT molecular complexity index is 433. The first-order chi connectivity index (χ1) is 8.60. The molecule has 100 valence electrons. The minimum Gasteiger partial charge on any atom is -0.493 e. The second kappa shape index (κ2) is 6.80. The molecule has 0 saturated heterocycles. The van der Waals surface area contributed by atoms with Gasteiger partial charge in [0.2, 0.25) is 0 Å². The monoisotopic (exact) mass is 253 g/mol. The van der Waals surface area contributed by atoms with E-state index >= 15 is 0 Å². The highest BCUT2D eigenvalue weighted by Gasteiger charge is 2.14. The van der Waals surface area contributed by atoms with Gasteiger partial charge in [0, 0.05) is 31.9 Å². The lowest BCUT2D eigenvalue weighted by molar-refractivity contribution is 0.172. The van der Waals surface area contributed by atoms with E-state index in [1.165, 1.54) is 0 Å². The quantitative estimate of drug-likeness (QED) is 0.261. The van der Waals surface area contributed by atoms with Crippen LogP contribution in [0.1, 0.15) is 23.4 Å². The summed E-state index contributed by atoms with van der Waals surface area (Å²) in [6, 6.07) is 1.77. The maximum Gasteiger partial charge on any atom is 0.175 e. The summed E-state index contributed by atoms with van der Waals surface area (Å²) in [6.45, 7) is 4.79. The Morgan fingerprint density at radius 1 is 1.44 bits per heavy atom. The summed E-state index contributed by atoms with van der Waals surface area (Å²) in [4.78, 5) is 4.27. The van der Waals surface area contributed by atoms with Crippen molar-refractivity contribution in [1.82, 2.24) is 4.98 Å². The predicted molar refractivity (Wildman–Crippen MR) is 68.2 cm³/mol. The maximum atomic E-state index is 8.78. The predicted octanol–water partition coefficient (Wildman–Crippen LogP) is 1.21. The van der Waals surface area contributed by atoms with Crippen LogP contribution in [0, 0.1) is 13.8 Å². The van der Waals surface area contributed by atoms with Gasteiger partial charge in [-0.15, -0.1) is 0 Å². The number of ether oxygens (including phenoxy) is 2. The van der Waals surface area contributed by atoms with Gasteiger partial charge in [-0.05, 0) is 13.8 Å². The van der Waals surface area contributed by atoms with Crippen LogP contribution in [0.25, 0.3) is 0 Å². The molecule has 0 radical (unpaired) electrons. The molecule has 0 aliphatic carbocycles. The lowest BCUT2D eigenvalue weighted by Crippen LogP contribution is -2.18. The van der Waals surface area contributed by atoms with Gasteiger partial charge < -0.3 is 20.4 Å². The van der Waals surface area contributed by atoms with Crippen molar-refractivity contribution >= 4 is 5.84 Å². The van der Waals surface area contributed by atoms with E-state index in [2.05, 4.69) is 10.1 Å². The highest BCUT2D eigenvalue weighted by atomic mass is 16.5. The fraction of sp³-hybridized carbons (Fsp3) is 0.500. The van der Waals surface area contributed by atoms with Crippen LogP contribution in [0.2, 0.25) is 0 Å². The number of amidine groups is 1. The fourth-order valence-electron chi connectivity index (χ4n) is 1.65. The van der Waals surface area contributed by atoms with Crippen molar-refractivity contribution in [3.8, 4) is 5.75 Å². The van der Waals surface area contributed by atoms with Gasteiger partial charge in [0.25, 0.3) is 0 Å². The van der Waals surface area contributed by atoms with Gasteiger partial charge in [0.15, 0.2) is 5.84 Å². The Balaban J connectivity index is 2.93. The average molecular weight is 253 g/mol. The van der Waals surface area contributed by atoms with Gasteiger partial charge in [-0.2, -0.15) is 0 Å². The number of aryl methyl sites for hydroxylation is 2. The largest absolute Gasteiger partial charge is 0.493 e. The SMILES string of the molecule is COCCCOc1cc(C)nc(C)c1/C(N)=N/O. The van der Waals surface area contributed by atoms with E-state index in [0.717, 1.165) is 12.1 Å². The minimum atomic E-state index is 0.00161. The zero-order valence-electron chi connectivity index (χ0n) is 10.9. The second-order valence-corrected chi connectivity index (χ2v) is 3.90. The zero-order valence-corrected chi connectivity index (χ0v) is 10.9. The molecule has 18 heavy (non-hydrogen) atoms. The third kappa shape index (κ3) is 3.59. The van der Waals surface area contributed by atoms with Crippen molar-refractivity contribution in [2.75, 3.05) is 20.3 Å². The van der Waals surface area contributed by atoms with Crippen molar-refractivity contribution in [3.05, 3.63) is 23.0 Å². The summed E-state index contributed by atoms with van der Waals surface area (Å²) in [7, 11) is 1.64. The summed E-state index contributed by atoms with van der Waals surface area (Å²) in [6.07, 6.45) is 0.770. The van der Waals surface area contributed by atoms with E-state index in [-0.39, 0.29) is 5.84 Å². The molecule has 0 aliphatic rings. The van der Waals surface area contributed by atoms with Crippen LogP contribution in [0.4, 0.5) is 0 Å². The molecule has 6 nitrogen and oxygen atoms in total.